The van der Waals surface area contributed by atoms with Crippen molar-refractivity contribution in [2.24, 2.45) is 34.8 Å². The van der Waals surface area contributed by atoms with Gasteiger partial charge in [-0.05, 0) is 25.7 Å². The zero-order valence-corrected chi connectivity index (χ0v) is 23.9. The summed E-state index contributed by atoms with van der Waals surface area (Å²) in [7, 11) is 0. The first-order valence-corrected chi connectivity index (χ1v) is 15.6. The summed E-state index contributed by atoms with van der Waals surface area (Å²) in [4.78, 5) is 27.3. The summed E-state index contributed by atoms with van der Waals surface area (Å²) >= 11 is 1.78. The highest BCUT2D eigenvalue weighted by molar-refractivity contribution is 8.00. The maximum absolute atomic E-state index is 12.9. The molecule has 4 fully saturated rings. The van der Waals surface area contributed by atoms with Crippen LogP contribution in [0.1, 0.15) is 38.5 Å². The van der Waals surface area contributed by atoms with E-state index in [-0.39, 0.29) is 40.5 Å². The largest absolute Gasteiger partial charge is 0.472 e. The first kappa shape index (κ1) is 30.0. The summed E-state index contributed by atoms with van der Waals surface area (Å²) in [5, 5.41) is 10.7. The Morgan fingerprint density at radius 2 is 1.93 bits per heavy atom. The lowest BCUT2D eigenvalue weighted by atomic mass is 9.91. The van der Waals surface area contributed by atoms with Gasteiger partial charge >= 0.3 is 0 Å². The summed E-state index contributed by atoms with van der Waals surface area (Å²) < 4.78 is 17.8. The van der Waals surface area contributed by atoms with Crippen molar-refractivity contribution < 1.29 is 23.8 Å². The average Bonchev–Trinajstić information content (AvgIpc) is 3.57. The monoisotopic (exact) mass is 582 g/mol. The van der Waals surface area contributed by atoms with Crippen LogP contribution < -0.4 is 38.9 Å². The van der Waals surface area contributed by atoms with Gasteiger partial charge < -0.3 is 47.4 Å². The van der Waals surface area contributed by atoms with Crippen LogP contribution >= 0.6 is 11.8 Å². The van der Waals surface area contributed by atoms with Gasteiger partial charge in [0.15, 0.2) is 17.8 Å². The van der Waals surface area contributed by atoms with Gasteiger partial charge in [0.1, 0.15) is 6.10 Å². The summed E-state index contributed by atoms with van der Waals surface area (Å²) in [6, 6.07) is 0.331. The third kappa shape index (κ3) is 6.93. The summed E-state index contributed by atoms with van der Waals surface area (Å²) in [6.45, 7) is 3.55. The van der Waals surface area contributed by atoms with E-state index >= 15 is 0 Å². The Morgan fingerprint density at radius 3 is 2.65 bits per heavy atom. The van der Waals surface area contributed by atoms with Gasteiger partial charge in [0.2, 0.25) is 5.91 Å². The Balaban J connectivity index is 1.19. The van der Waals surface area contributed by atoms with Crippen LogP contribution in [-0.4, -0.2) is 103 Å². The lowest BCUT2D eigenvalue weighted by molar-refractivity contribution is -0.133. The van der Waals surface area contributed by atoms with Gasteiger partial charge in [-0.3, -0.25) is 20.2 Å². The molecule has 1 saturated carbocycles. The number of ether oxygens (including phenoxy) is 3. The first-order chi connectivity index (χ1) is 19.3. The Morgan fingerprint density at radius 1 is 1.15 bits per heavy atom. The quantitative estimate of drug-likeness (QED) is 0.132. The average molecular weight is 583 g/mol. The van der Waals surface area contributed by atoms with Gasteiger partial charge in [0.25, 0.3) is 0 Å². The van der Waals surface area contributed by atoms with E-state index in [1.807, 2.05) is 0 Å². The molecule has 226 valence electrons. The Bertz CT molecular complexity index is 922. The van der Waals surface area contributed by atoms with E-state index in [2.05, 4.69) is 20.9 Å². The van der Waals surface area contributed by atoms with Crippen LogP contribution in [-0.2, 0) is 23.8 Å². The molecule has 0 aromatic carbocycles. The third-order valence-corrected chi connectivity index (χ3v) is 10.5. The molecule has 4 heterocycles. The molecule has 0 radical (unpaired) electrons. The second-order valence-electron chi connectivity index (χ2n) is 11.5. The van der Waals surface area contributed by atoms with Crippen molar-refractivity contribution in [3.63, 3.8) is 0 Å². The number of carbonyl (C=O) groups is 2. The Kier molecular flexibility index (Phi) is 10.2. The number of carbonyl (C=O) groups excluding carboxylic acids is 2. The SMILES string of the molecule is NC(=O)C(C(N)N)C(NCN[C@H]1CCCC[C@H]1N)NC1CCC(C2COC3C(=O)C=C(N4CCOCC4)OC32)S1. The number of rotatable bonds is 11. The number of hydrogen-bond acceptors (Lipinski definition) is 13. The number of ketones is 1. The molecular formula is C26H46N8O5S. The number of fused-ring (bicyclic) bond motifs is 1. The molecule has 0 spiro atoms. The van der Waals surface area contributed by atoms with Crippen LogP contribution in [0.15, 0.2) is 12.0 Å². The highest BCUT2D eigenvalue weighted by Gasteiger charge is 2.51. The van der Waals surface area contributed by atoms with E-state index in [4.69, 9.17) is 37.1 Å². The highest BCUT2D eigenvalue weighted by atomic mass is 32.2. The lowest BCUT2D eigenvalue weighted by Gasteiger charge is -2.37. The van der Waals surface area contributed by atoms with E-state index in [0.29, 0.717) is 45.5 Å². The summed E-state index contributed by atoms with van der Waals surface area (Å²) in [5.74, 6) is -0.703. The number of hydrogen-bond donors (Lipinski definition) is 7. The molecule has 3 saturated heterocycles. The lowest BCUT2D eigenvalue weighted by Crippen LogP contribution is -2.63. The third-order valence-electron chi connectivity index (χ3n) is 8.82. The fourth-order valence-electron chi connectivity index (χ4n) is 6.55. The molecule has 0 aromatic heterocycles. The van der Waals surface area contributed by atoms with Gasteiger partial charge in [-0.1, -0.05) is 12.8 Å². The standard InChI is InChI=1S/C26H46N8O5S/c27-15-3-1-2-4-16(15)31-13-32-26(21(24(28)29)25(30)36)33-19-6-5-18(40-19)14-12-38-23-17(35)11-20(39-22(14)23)34-7-9-37-10-8-34/h11,14-16,18-19,21-24,26,31-33H,1-10,12-13,27-29H2,(H2,30,36)/t14?,15-,16+,18?,19?,21?,22?,23?,26?/m1/s1. The predicted octanol–water partition coefficient (Wildman–Crippen LogP) is -1.97. The molecule has 5 rings (SSSR count). The zero-order valence-electron chi connectivity index (χ0n) is 23.0. The highest BCUT2D eigenvalue weighted by Crippen LogP contribution is 2.44. The number of amides is 1. The van der Waals surface area contributed by atoms with Crippen LogP contribution in [0.25, 0.3) is 0 Å². The zero-order chi connectivity index (χ0) is 28.2. The van der Waals surface area contributed by atoms with Crippen LogP contribution in [0, 0.1) is 11.8 Å². The topological polar surface area (TPSA) is 205 Å². The number of thioether (sulfide) groups is 1. The van der Waals surface area contributed by atoms with E-state index in [9.17, 15) is 9.59 Å². The second-order valence-corrected chi connectivity index (χ2v) is 13.0. The van der Waals surface area contributed by atoms with Crippen LogP contribution in [0.5, 0.6) is 0 Å². The molecule has 4 aliphatic heterocycles. The molecule has 14 heteroatoms. The van der Waals surface area contributed by atoms with E-state index in [1.54, 1.807) is 17.8 Å². The molecule has 7 unspecified atom stereocenters. The number of primary amides is 1. The maximum atomic E-state index is 12.9. The molecule has 5 aliphatic rings. The van der Waals surface area contributed by atoms with Crippen molar-refractivity contribution in [1.82, 2.24) is 20.9 Å². The molecule has 0 bridgehead atoms. The predicted molar refractivity (Wildman–Crippen MR) is 151 cm³/mol. The smallest absolute Gasteiger partial charge is 0.226 e. The summed E-state index contributed by atoms with van der Waals surface area (Å²) in [5.41, 5.74) is 24.0. The second kappa shape index (κ2) is 13.7. The number of morpholine rings is 1. The molecule has 11 N–H and O–H groups in total. The fourth-order valence-corrected chi connectivity index (χ4v) is 8.17. The van der Waals surface area contributed by atoms with Crippen molar-refractivity contribution in [3.05, 3.63) is 12.0 Å². The molecule has 13 nitrogen and oxygen atoms in total. The molecule has 9 atom stereocenters. The molecular weight excluding hydrogens is 536 g/mol. The van der Waals surface area contributed by atoms with Gasteiger partial charge in [-0.15, -0.1) is 11.8 Å². The Labute approximate surface area is 240 Å². The van der Waals surface area contributed by atoms with Crippen molar-refractivity contribution in [2.45, 2.75) is 85.8 Å². The van der Waals surface area contributed by atoms with Crippen LogP contribution in [0.4, 0.5) is 0 Å². The van der Waals surface area contributed by atoms with E-state index in [0.717, 1.165) is 38.5 Å². The normalized spacial score (nSPS) is 36.2. The van der Waals surface area contributed by atoms with Crippen molar-refractivity contribution in [1.29, 1.82) is 0 Å². The summed E-state index contributed by atoms with van der Waals surface area (Å²) in [6.07, 6.45) is 5.37. The van der Waals surface area contributed by atoms with Crippen LogP contribution in [0.3, 0.4) is 0 Å². The molecule has 1 aliphatic carbocycles. The fraction of sp³-hybridized carbons (Fsp3) is 0.846. The molecule has 40 heavy (non-hydrogen) atoms. The van der Waals surface area contributed by atoms with Crippen molar-refractivity contribution >= 4 is 23.5 Å². The van der Waals surface area contributed by atoms with Crippen LogP contribution in [0.2, 0.25) is 0 Å². The van der Waals surface area contributed by atoms with Gasteiger partial charge in [0.05, 0.1) is 43.4 Å². The minimum absolute atomic E-state index is 0.0337. The molecule has 0 aromatic rings. The first-order valence-electron chi connectivity index (χ1n) is 14.6. The van der Waals surface area contributed by atoms with E-state index in [1.165, 1.54) is 0 Å². The molecule has 1 amide bonds. The van der Waals surface area contributed by atoms with E-state index < -0.39 is 30.3 Å². The van der Waals surface area contributed by atoms with Crippen molar-refractivity contribution in [3.8, 4) is 0 Å². The van der Waals surface area contributed by atoms with Gasteiger partial charge in [-0.25, -0.2) is 0 Å². The van der Waals surface area contributed by atoms with Gasteiger partial charge in [-0.2, -0.15) is 0 Å². The number of nitrogens with zero attached hydrogens (tertiary/aromatic N) is 1. The minimum atomic E-state index is -0.919. The number of nitrogens with two attached hydrogens (primary N) is 4. The van der Waals surface area contributed by atoms with Crippen molar-refractivity contribution in [2.75, 3.05) is 39.6 Å². The maximum Gasteiger partial charge on any atom is 0.226 e. The minimum Gasteiger partial charge on any atom is -0.472 e. The van der Waals surface area contributed by atoms with Gasteiger partial charge in [0, 0.05) is 49.1 Å². The Hall–Kier alpha value is -1.49. The number of nitrogens with one attached hydrogen (secondary N) is 3.